The van der Waals surface area contributed by atoms with E-state index in [1.807, 2.05) is 30.3 Å². The summed E-state index contributed by atoms with van der Waals surface area (Å²) in [7, 11) is -3.61. The van der Waals surface area contributed by atoms with Crippen molar-refractivity contribution >= 4 is 49.9 Å². The molecule has 2 heterocycles. The van der Waals surface area contributed by atoms with Gasteiger partial charge in [-0.3, -0.25) is 15.1 Å². The monoisotopic (exact) mass is 510 g/mol. The number of nitrogens with one attached hydrogen (secondary N) is 1. The molecule has 12 heteroatoms. The summed E-state index contributed by atoms with van der Waals surface area (Å²) in [5, 5.41) is 16.0. The van der Waals surface area contributed by atoms with E-state index in [2.05, 4.69) is 20.3 Å². The zero-order valence-corrected chi connectivity index (χ0v) is 20.6. The zero-order chi connectivity index (χ0) is 25.0. The molecule has 0 aliphatic rings. The van der Waals surface area contributed by atoms with Gasteiger partial charge in [-0.15, -0.1) is 0 Å². The maximum atomic E-state index is 12.7. The normalized spacial score (nSPS) is 11.6. The number of hydrogen-bond acceptors (Lipinski definition) is 9. The van der Waals surface area contributed by atoms with Crippen LogP contribution in [0.1, 0.15) is 13.8 Å². The van der Waals surface area contributed by atoms with Gasteiger partial charge in [-0.05, 0) is 36.4 Å². The summed E-state index contributed by atoms with van der Waals surface area (Å²) in [6.07, 6.45) is 2.91. The lowest BCUT2D eigenvalue weighted by molar-refractivity contribution is -0.387. The average Bonchev–Trinajstić information content (AvgIpc) is 2.85. The van der Waals surface area contributed by atoms with Gasteiger partial charge in [0.05, 0.1) is 15.3 Å². The van der Waals surface area contributed by atoms with Crippen molar-refractivity contribution < 1.29 is 13.3 Å². The number of nitro groups is 1. The van der Waals surface area contributed by atoms with Gasteiger partial charge in [-0.2, -0.15) is 4.31 Å². The maximum absolute atomic E-state index is 12.7. The number of aromatic nitrogens is 3. The van der Waals surface area contributed by atoms with Gasteiger partial charge in [-0.1, -0.05) is 43.8 Å². The van der Waals surface area contributed by atoms with Crippen LogP contribution in [0.15, 0.2) is 81.9 Å². The van der Waals surface area contributed by atoms with Crippen molar-refractivity contribution in [1.82, 2.24) is 19.3 Å². The second kappa shape index (κ2) is 10.3. The predicted octanol–water partition coefficient (Wildman–Crippen LogP) is 4.86. The summed E-state index contributed by atoms with van der Waals surface area (Å²) in [5.74, 6) is 0.0000425. The van der Waals surface area contributed by atoms with E-state index >= 15 is 0 Å². The van der Waals surface area contributed by atoms with Crippen LogP contribution in [0.2, 0.25) is 0 Å². The first-order chi connectivity index (χ1) is 16.8. The summed E-state index contributed by atoms with van der Waals surface area (Å²) in [5.41, 5.74) is 0.880. The third kappa shape index (κ3) is 5.09. The topological polar surface area (TPSA) is 131 Å². The Bertz CT molecular complexity index is 1470. The summed E-state index contributed by atoms with van der Waals surface area (Å²) in [6, 6.07) is 15.3. The minimum Gasteiger partial charge on any atom is -0.334 e. The first kappa shape index (κ1) is 24.5. The highest BCUT2D eigenvalue weighted by atomic mass is 32.2. The Morgan fingerprint density at radius 1 is 1.00 bits per heavy atom. The fourth-order valence-corrected chi connectivity index (χ4v) is 5.96. The van der Waals surface area contributed by atoms with Gasteiger partial charge < -0.3 is 5.32 Å². The molecule has 0 spiro atoms. The zero-order valence-electron chi connectivity index (χ0n) is 19.0. The standard InChI is InChI=1S/C23H22N6O4S2/c1-3-28(4-2)35(32,33)18-12-10-17(11-13-18)27-22-21(29(30)31)23(26-15-25-22)34-19-9-5-7-16-8-6-14-24-20(16)19/h5-15H,3-4H2,1-2H3,(H,25,26,27). The molecule has 2 aromatic heterocycles. The van der Waals surface area contributed by atoms with Gasteiger partial charge >= 0.3 is 5.69 Å². The van der Waals surface area contributed by atoms with E-state index < -0.39 is 14.9 Å². The number of para-hydroxylation sites is 1. The highest BCUT2D eigenvalue weighted by Crippen LogP contribution is 2.39. The predicted molar refractivity (Wildman–Crippen MR) is 134 cm³/mol. The third-order valence-electron chi connectivity index (χ3n) is 5.23. The van der Waals surface area contributed by atoms with Crippen LogP contribution >= 0.6 is 11.8 Å². The van der Waals surface area contributed by atoms with E-state index in [0.29, 0.717) is 24.3 Å². The van der Waals surface area contributed by atoms with E-state index in [1.54, 1.807) is 32.2 Å². The molecule has 0 radical (unpaired) electrons. The molecule has 4 aromatic rings. The van der Waals surface area contributed by atoms with Crippen LogP contribution in [0.5, 0.6) is 0 Å². The van der Waals surface area contributed by atoms with Crippen LogP contribution in [0.25, 0.3) is 10.9 Å². The molecule has 0 saturated heterocycles. The van der Waals surface area contributed by atoms with E-state index in [9.17, 15) is 18.5 Å². The number of rotatable bonds is 9. The summed E-state index contributed by atoms with van der Waals surface area (Å²) in [4.78, 5) is 24.9. The second-order valence-electron chi connectivity index (χ2n) is 7.31. The molecule has 2 aromatic carbocycles. The van der Waals surface area contributed by atoms with Crippen LogP contribution in [0.3, 0.4) is 0 Å². The van der Waals surface area contributed by atoms with Crippen molar-refractivity contribution in [3.05, 3.63) is 77.2 Å². The molecule has 0 fully saturated rings. The average molecular weight is 511 g/mol. The van der Waals surface area contributed by atoms with Gasteiger partial charge in [0.1, 0.15) is 6.33 Å². The smallest absolute Gasteiger partial charge is 0.334 e. The maximum Gasteiger partial charge on any atom is 0.343 e. The van der Waals surface area contributed by atoms with Crippen LogP contribution < -0.4 is 5.32 Å². The lowest BCUT2D eigenvalue weighted by atomic mass is 10.2. The van der Waals surface area contributed by atoms with Crippen molar-refractivity contribution in [2.75, 3.05) is 18.4 Å². The van der Waals surface area contributed by atoms with E-state index in [0.717, 1.165) is 22.0 Å². The van der Waals surface area contributed by atoms with Crippen molar-refractivity contribution in [2.24, 2.45) is 0 Å². The number of sulfonamides is 1. The molecule has 0 aliphatic carbocycles. The number of anilines is 2. The number of nitrogens with zero attached hydrogens (tertiary/aromatic N) is 5. The van der Waals surface area contributed by atoms with Crippen molar-refractivity contribution in [1.29, 1.82) is 0 Å². The molecular formula is C23H22N6O4S2. The van der Waals surface area contributed by atoms with Crippen molar-refractivity contribution in [3.8, 4) is 0 Å². The lowest BCUT2D eigenvalue weighted by Crippen LogP contribution is -2.30. The molecule has 10 nitrogen and oxygen atoms in total. The van der Waals surface area contributed by atoms with Crippen molar-refractivity contribution in [3.63, 3.8) is 0 Å². The van der Waals surface area contributed by atoms with Crippen molar-refractivity contribution in [2.45, 2.75) is 28.7 Å². The molecule has 0 bridgehead atoms. The molecule has 180 valence electrons. The van der Waals surface area contributed by atoms with Gasteiger partial charge in [0, 0.05) is 35.3 Å². The van der Waals surface area contributed by atoms with Gasteiger partial charge in [-0.25, -0.2) is 18.4 Å². The molecule has 0 unspecified atom stereocenters. The van der Waals surface area contributed by atoms with Gasteiger partial charge in [0.25, 0.3) is 0 Å². The minimum atomic E-state index is -3.61. The third-order valence-corrected chi connectivity index (χ3v) is 8.34. The number of pyridine rings is 1. The SMILES string of the molecule is CCN(CC)S(=O)(=O)c1ccc(Nc2ncnc(Sc3cccc4cccnc34)c2[N+](=O)[O-])cc1. The van der Waals surface area contributed by atoms with Gasteiger partial charge in [0.2, 0.25) is 15.8 Å². The van der Waals surface area contributed by atoms with Crippen LogP contribution in [0.4, 0.5) is 17.2 Å². The minimum absolute atomic E-state index is 0.0000425. The molecular weight excluding hydrogens is 488 g/mol. The molecule has 0 amide bonds. The summed E-state index contributed by atoms with van der Waals surface area (Å²) >= 11 is 1.13. The first-order valence-electron chi connectivity index (χ1n) is 10.7. The first-order valence-corrected chi connectivity index (χ1v) is 13.0. The highest BCUT2D eigenvalue weighted by molar-refractivity contribution is 7.99. The van der Waals surface area contributed by atoms with Crippen LogP contribution in [-0.4, -0.2) is 45.7 Å². The Labute approximate surface area is 206 Å². The van der Waals surface area contributed by atoms with E-state index in [-0.39, 0.29) is 21.4 Å². The second-order valence-corrected chi connectivity index (χ2v) is 10.3. The largest absolute Gasteiger partial charge is 0.343 e. The van der Waals surface area contributed by atoms with E-state index in [1.165, 1.54) is 22.8 Å². The molecule has 0 atom stereocenters. The fraction of sp³-hybridized carbons (Fsp3) is 0.174. The number of hydrogen-bond donors (Lipinski definition) is 1. The molecule has 0 aliphatic heterocycles. The summed E-state index contributed by atoms with van der Waals surface area (Å²) in [6.45, 7) is 4.27. The summed E-state index contributed by atoms with van der Waals surface area (Å²) < 4.78 is 26.8. The number of benzene rings is 2. The molecule has 4 rings (SSSR count). The van der Waals surface area contributed by atoms with Crippen LogP contribution in [0, 0.1) is 10.1 Å². The Morgan fingerprint density at radius 2 is 1.71 bits per heavy atom. The Balaban J connectivity index is 1.65. The Hall–Kier alpha value is -3.61. The molecule has 1 N–H and O–H groups in total. The molecule has 0 saturated carbocycles. The molecule has 35 heavy (non-hydrogen) atoms. The Morgan fingerprint density at radius 3 is 2.40 bits per heavy atom. The van der Waals surface area contributed by atoms with Crippen LogP contribution in [-0.2, 0) is 10.0 Å². The van der Waals surface area contributed by atoms with Gasteiger partial charge in [0.15, 0.2) is 5.03 Å². The quantitative estimate of drug-likeness (QED) is 0.190. The number of fused-ring (bicyclic) bond motifs is 1. The van der Waals surface area contributed by atoms with E-state index in [4.69, 9.17) is 0 Å². The lowest BCUT2D eigenvalue weighted by Gasteiger charge is -2.18. The Kier molecular flexibility index (Phi) is 7.24. The highest BCUT2D eigenvalue weighted by Gasteiger charge is 2.25. The fourth-order valence-electron chi connectivity index (χ4n) is 3.52.